The minimum atomic E-state index is -3.68. The molecule has 21 heavy (non-hydrogen) atoms. The van der Waals surface area contributed by atoms with Crippen LogP contribution in [0.25, 0.3) is 5.65 Å². The van der Waals surface area contributed by atoms with Crippen LogP contribution in [0.15, 0.2) is 29.4 Å². The number of imidazole rings is 1. The van der Waals surface area contributed by atoms with Crippen molar-refractivity contribution in [2.75, 3.05) is 6.54 Å². The van der Waals surface area contributed by atoms with Gasteiger partial charge >= 0.3 is 0 Å². The highest BCUT2D eigenvalue weighted by atomic mass is 35.5. The van der Waals surface area contributed by atoms with E-state index in [4.69, 9.17) is 11.6 Å². The molecule has 2 heterocycles. The first-order valence-electron chi connectivity index (χ1n) is 7.10. The fourth-order valence-corrected chi connectivity index (χ4v) is 4.63. The minimum Gasteiger partial charge on any atom is -0.288 e. The summed E-state index contributed by atoms with van der Waals surface area (Å²) in [5.74, 6) is 0. The molecule has 0 bridgehead atoms. The van der Waals surface area contributed by atoms with E-state index in [1.165, 1.54) is 10.8 Å². The van der Waals surface area contributed by atoms with Crippen molar-refractivity contribution in [1.29, 1.82) is 0 Å². The molecule has 0 amide bonds. The Kier molecular flexibility index (Phi) is 3.71. The summed E-state index contributed by atoms with van der Waals surface area (Å²) < 4.78 is 29.4. The highest BCUT2D eigenvalue weighted by Gasteiger charge is 2.37. The van der Waals surface area contributed by atoms with Crippen molar-refractivity contribution in [3.63, 3.8) is 0 Å². The Morgan fingerprint density at radius 3 is 2.81 bits per heavy atom. The van der Waals surface area contributed by atoms with Gasteiger partial charge in [0.15, 0.2) is 10.2 Å². The van der Waals surface area contributed by atoms with E-state index >= 15 is 0 Å². The summed E-state index contributed by atoms with van der Waals surface area (Å²) in [6, 6.07) is 5.27. The predicted molar refractivity (Wildman–Crippen MR) is 82.0 cm³/mol. The van der Waals surface area contributed by atoms with Crippen molar-refractivity contribution in [3.05, 3.63) is 29.5 Å². The third-order valence-electron chi connectivity index (χ3n) is 4.50. The van der Waals surface area contributed by atoms with Crippen molar-refractivity contribution >= 4 is 27.3 Å². The van der Waals surface area contributed by atoms with Gasteiger partial charge in [-0.05, 0) is 36.8 Å². The van der Waals surface area contributed by atoms with Gasteiger partial charge in [0.25, 0.3) is 10.0 Å². The molecule has 0 unspecified atom stereocenters. The summed E-state index contributed by atoms with van der Waals surface area (Å²) in [6.07, 6.45) is 5.96. The summed E-state index contributed by atoms with van der Waals surface area (Å²) >= 11 is 6.03. The Balaban J connectivity index is 1.91. The van der Waals surface area contributed by atoms with Crippen molar-refractivity contribution in [3.8, 4) is 0 Å². The van der Waals surface area contributed by atoms with Gasteiger partial charge in [-0.25, -0.2) is 18.1 Å². The zero-order valence-corrected chi connectivity index (χ0v) is 13.4. The monoisotopic (exact) mass is 327 g/mol. The number of aromatic nitrogens is 2. The summed E-state index contributed by atoms with van der Waals surface area (Å²) in [5, 5.41) is 0.0261. The Morgan fingerprint density at radius 2 is 2.19 bits per heavy atom. The first kappa shape index (κ1) is 14.8. The van der Waals surface area contributed by atoms with Gasteiger partial charge in [0.2, 0.25) is 0 Å². The van der Waals surface area contributed by atoms with Crippen LogP contribution in [0.3, 0.4) is 0 Å². The van der Waals surface area contributed by atoms with Crippen molar-refractivity contribution in [2.45, 2.75) is 37.6 Å². The fourth-order valence-electron chi connectivity index (χ4n) is 2.83. The minimum absolute atomic E-state index is 0.00728. The number of halogens is 1. The normalized spacial score (nSPS) is 17.8. The van der Waals surface area contributed by atoms with E-state index in [0.29, 0.717) is 12.2 Å². The molecule has 1 aliphatic rings. The molecule has 1 saturated carbocycles. The zero-order valence-electron chi connectivity index (χ0n) is 11.8. The number of pyridine rings is 1. The number of fused-ring (bicyclic) bond motifs is 1. The van der Waals surface area contributed by atoms with Crippen LogP contribution >= 0.6 is 11.6 Å². The first-order chi connectivity index (χ1) is 9.97. The van der Waals surface area contributed by atoms with Crippen LogP contribution in [0.1, 0.15) is 32.6 Å². The lowest BCUT2D eigenvalue weighted by molar-refractivity contribution is 0.133. The van der Waals surface area contributed by atoms with Crippen LogP contribution in [0, 0.1) is 5.41 Å². The molecule has 0 atom stereocenters. The number of nitrogens with zero attached hydrogens (tertiary/aromatic N) is 2. The van der Waals surface area contributed by atoms with E-state index in [1.807, 2.05) is 0 Å². The third-order valence-corrected chi connectivity index (χ3v) is 6.30. The molecule has 1 fully saturated rings. The number of nitrogens with one attached hydrogen (secondary N) is 1. The molecule has 0 saturated heterocycles. The van der Waals surface area contributed by atoms with Gasteiger partial charge in [0, 0.05) is 12.7 Å². The fraction of sp³-hybridized carbons (Fsp3) is 0.500. The van der Waals surface area contributed by atoms with Crippen molar-refractivity contribution < 1.29 is 8.42 Å². The van der Waals surface area contributed by atoms with Gasteiger partial charge in [0.05, 0.1) is 0 Å². The molecule has 1 N–H and O–H groups in total. The topological polar surface area (TPSA) is 63.5 Å². The van der Waals surface area contributed by atoms with E-state index in [-0.39, 0.29) is 15.6 Å². The maximum Gasteiger partial charge on any atom is 0.259 e. The second-order valence-corrected chi connectivity index (χ2v) is 7.71. The van der Waals surface area contributed by atoms with Crippen LogP contribution in [0.4, 0.5) is 0 Å². The van der Waals surface area contributed by atoms with E-state index < -0.39 is 10.0 Å². The molecule has 7 heteroatoms. The van der Waals surface area contributed by atoms with Crippen LogP contribution in [-0.4, -0.2) is 24.3 Å². The third kappa shape index (κ3) is 2.56. The lowest BCUT2D eigenvalue weighted by Gasteiger charge is -2.41. The molecule has 5 nitrogen and oxygen atoms in total. The highest BCUT2D eigenvalue weighted by Crippen LogP contribution is 2.43. The van der Waals surface area contributed by atoms with Crippen LogP contribution < -0.4 is 4.72 Å². The van der Waals surface area contributed by atoms with Gasteiger partial charge in [-0.15, -0.1) is 0 Å². The molecule has 1 aliphatic carbocycles. The van der Waals surface area contributed by atoms with Gasteiger partial charge < -0.3 is 0 Å². The molecule has 2 aromatic heterocycles. The molecule has 0 aromatic carbocycles. The van der Waals surface area contributed by atoms with Gasteiger partial charge in [-0.2, -0.15) is 0 Å². The van der Waals surface area contributed by atoms with Crippen LogP contribution in [0.2, 0.25) is 5.15 Å². The maximum absolute atomic E-state index is 12.6. The van der Waals surface area contributed by atoms with E-state index in [9.17, 15) is 8.42 Å². The van der Waals surface area contributed by atoms with Gasteiger partial charge in [-0.1, -0.05) is 31.0 Å². The van der Waals surface area contributed by atoms with E-state index in [1.54, 1.807) is 24.4 Å². The van der Waals surface area contributed by atoms with Crippen molar-refractivity contribution in [1.82, 2.24) is 14.1 Å². The number of rotatable bonds is 5. The lowest BCUT2D eigenvalue weighted by atomic mass is 9.67. The molecular weight excluding hydrogens is 310 g/mol. The average molecular weight is 328 g/mol. The van der Waals surface area contributed by atoms with E-state index in [2.05, 4.69) is 16.6 Å². The smallest absolute Gasteiger partial charge is 0.259 e. The molecule has 114 valence electrons. The summed E-state index contributed by atoms with van der Waals surface area (Å²) in [4.78, 5) is 4.09. The summed E-state index contributed by atoms with van der Waals surface area (Å²) in [5.41, 5.74) is 0.636. The molecule has 3 rings (SSSR count). The van der Waals surface area contributed by atoms with Crippen molar-refractivity contribution in [2.24, 2.45) is 5.41 Å². The quantitative estimate of drug-likeness (QED) is 0.918. The Bertz CT molecular complexity index is 760. The molecule has 0 spiro atoms. The van der Waals surface area contributed by atoms with E-state index in [0.717, 1.165) is 19.3 Å². The lowest BCUT2D eigenvalue weighted by Crippen LogP contribution is -2.41. The average Bonchev–Trinajstić information content (AvgIpc) is 2.74. The number of hydrogen-bond donors (Lipinski definition) is 1. The van der Waals surface area contributed by atoms with Crippen LogP contribution in [-0.2, 0) is 10.0 Å². The standard InChI is InChI=1S/C14H18ClN3O2S/c1-2-14(7-5-8-14)10-16-21(19,20)13-12(15)17-11-6-3-4-9-18(11)13/h3-4,6,9,16H,2,5,7-8,10H2,1H3. The predicted octanol–water partition coefficient (Wildman–Crippen LogP) is 2.85. The Morgan fingerprint density at radius 1 is 1.43 bits per heavy atom. The number of sulfonamides is 1. The summed E-state index contributed by atoms with van der Waals surface area (Å²) in [7, 11) is -3.68. The molecular formula is C14H18ClN3O2S. The van der Waals surface area contributed by atoms with Gasteiger partial charge in [0.1, 0.15) is 5.65 Å². The Hall–Kier alpha value is -1.11. The second-order valence-electron chi connectivity index (χ2n) is 5.67. The summed E-state index contributed by atoms with van der Waals surface area (Å²) in [6.45, 7) is 2.57. The molecule has 2 aromatic rings. The molecule has 0 aliphatic heterocycles. The zero-order chi connectivity index (χ0) is 15.1. The largest absolute Gasteiger partial charge is 0.288 e. The highest BCUT2D eigenvalue weighted by molar-refractivity contribution is 7.89. The first-order valence-corrected chi connectivity index (χ1v) is 8.96. The SMILES string of the molecule is CCC1(CNS(=O)(=O)c2c(Cl)nc3ccccn23)CCC1. The molecule has 0 radical (unpaired) electrons. The second kappa shape index (κ2) is 5.26. The Labute approximate surface area is 129 Å². The van der Waals surface area contributed by atoms with Gasteiger partial charge in [-0.3, -0.25) is 4.40 Å². The van der Waals surface area contributed by atoms with Crippen LogP contribution in [0.5, 0.6) is 0 Å². The maximum atomic E-state index is 12.6. The number of hydrogen-bond acceptors (Lipinski definition) is 3.